The van der Waals surface area contributed by atoms with Crippen molar-refractivity contribution in [2.75, 3.05) is 7.05 Å². The lowest BCUT2D eigenvalue weighted by Gasteiger charge is -2.18. The molecule has 1 N–H and O–H groups in total. The van der Waals surface area contributed by atoms with Gasteiger partial charge in [0.05, 0.1) is 24.3 Å². The van der Waals surface area contributed by atoms with Gasteiger partial charge in [-0.2, -0.15) is 0 Å². The maximum Gasteiger partial charge on any atom is 0.573 e. The molecule has 0 spiro atoms. The second kappa shape index (κ2) is 5.54. The number of halogens is 3. The molecule has 20 heavy (non-hydrogen) atoms. The van der Waals surface area contributed by atoms with E-state index in [0.717, 1.165) is 5.69 Å². The average molecular weight is 285 g/mol. The summed E-state index contributed by atoms with van der Waals surface area (Å²) in [5.74, 6) is -0.239. The second-order valence-electron chi connectivity index (χ2n) is 4.27. The first-order chi connectivity index (χ1) is 9.40. The van der Waals surface area contributed by atoms with Crippen LogP contribution in [0.2, 0.25) is 0 Å². The summed E-state index contributed by atoms with van der Waals surface area (Å²) < 4.78 is 42.5. The smallest absolute Gasteiger partial charge is 0.406 e. The molecule has 2 aromatic rings. The molecule has 0 aliphatic rings. The number of alkyl halides is 3. The molecule has 0 amide bonds. The lowest BCUT2D eigenvalue weighted by Crippen LogP contribution is -2.21. The molecule has 1 unspecified atom stereocenters. The zero-order valence-corrected chi connectivity index (χ0v) is 11.0. The molecule has 0 aliphatic heterocycles. The minimum Gasteiger partial charge on any atom is -0.406 e. The number of benzene rings is 1. The van der Waals surface area contributed by atoms with Crippen LogP contribution >= 0.6 is 0 Å². The van der Waals surface area contributed by atoms with Gasteiger partial charge >= 0.3 is 6.36 Å². The molecule has 108 valence electrons. The highest BCUT2D eigenvalue weighted by Gasteiger charge is 2.31. The summed E-state index contributed by atoms with van der Waals surface area (Å²) in [5.41, 5.74) is 1.51. The van der Waals surface area contributed by atoms with Crippen molar-refractivity contribution < 1.29 is 17.9 Å². The quantitative estimate of drug-likeness (QED) is 0.938. The van der Waals surface area contributed by atoms with E-state index in [9.17, 15) is 13.2 Å². The number of nitrogens with zero attached hydrogens (tertiary/aromatic N) is 2. The summed E-state index contributed by atoms with van der Waals surface area (Å²) in [4.78, 5) is 4.01. The summed E-state index contributed by atoms with van der Waals surface area (Å²) in [6, 6.07) is 5.63. The first-order valence-corrected chi connectivity index (χ1v) is 5.90. The summed E-state index contributed by atoms with van der Waals surface area (Å²) in [6.45, 7) is 0. The highest BCUT2D eigenvalue weighted by Crippen LogP contribution is 2.27. The fourth-order valence-corrected chi connectivity index (χ4v) is 2.02. The van der Waals surface area contributed by atoms with E-state index in [1.54, 1.807) is 30.2 Å². The van der Waals surface area contributed by atoms with Gasteiger partial charge < -0.3 is 14.6 Å². The molecule has 0 saturated heterocycles. The number of imidazole rings is 1. The van der Waals surface area contributed by atoms with Gasteiger partial charge in [-0.15, -0.1) is 13.2 Å². The second-order valence-corrected chi connectivity index (χ2v) is 4.27. The molecule has 2 rings (SSSR count). The van der Waals surface area contributed by atoms with Crippen molar-refractivity contribution in [2.45, 2.75) is 12.4 Å². The molecule has 0 bridgehead atoms. The van der Waals surface area contributed by atoms with Crippen molar-refractivity contribution in [2.24, 2.45) is 7.05 Å². The van der Waals surface area contributed by atoms with Crippen LogP contribution in [0.5, 0.6) is 5.75 Å². The van der Waals surface area contributed by atoms with Crippen LogP contribution in [-0.4, -0.2) is 23.0 Å². The fraction of sp³-hybridized carbons (Fsp3) is 0.308. The van der Waals surface area contributed by atoms with Crippen LogP contribution in [0.1, 0.15) is 17.3 Å². The fourth-order valence-electron chi connectivity index (χ4n) is 2.02. The Balaban J connectivity index is 2.32. The summed E-state index contributed by atoms with van der Waals surface area (Å²) in [5, 5.41) is 3.05. The van der Waals surface area contributed by atoms with Crippen LogP contribution in [0.15, 0.2) is 36.8 Å². The minimum absolute atomic E-state index is 0.239. The van der Waals surface area contributed by atoms with E-state index >= 15 is 0 Å². The third-order valence-electron chi connectivity index (χ3n) is 2.86. The highest BCUT2D eigenvalue weighted by atomic mass is 19.4. The Morgan fingerprint density at radius 1 is 1.35 bits per heavy atom. The van der Waals surface area contributed by atoms with Gasteiger partial charge in [0.1, 0.15) is 5.75 Å². The molecule has 1 aromatic heterocycles. The topological polar surface area (TPSA) is 39.1 Å². The molecule has 1 atom stereocenters. The van der Waals surface area contributed by atoms with Crippen LogP contribution in [0.25, 0.3) is 0 Å². The molecule has 0 fully saturated rings. The molecule has 0 aliphatic carbocycles. The Hall–Kier alpha value is -2.02. The number of hydrogen-bond donors (Lipinski definition) is 1. The standard InChI is InChI=1S/C13H14F3N3O/c1-17-12(11-7-18-8-19(11)2)9-4-3-5-10(6-9)20-13(14,15)16/h3-8,12,17H,1-2H3. The Labute approximate surface area is 114 Å². The van der Waals surface area contributed by atoms with Gasteiger partial charge in [0.15, 0.2) is 0 Å². The number of aromatic nitrogens is 2. The molecular formula is C13H14F3N3O. The zero-order chi connectivity index (χ0) is 14.8. The third kappa shape index (κ3) is 3.30. The molecule has 4 nitrogen and oxygen atoms in total. The SMILES string of the molecule is CNC(c1cccc(OC(F)(F)F)c1)c1cncn1C. The number of rotatable bonds is 4. The van der Waals surface area contributed by atoms with E-state index in [-0.39, 0.29) is 11.8 Å². The first-order valence-electron chi connectivity index (χ1n) is 5.90. The predicted molar refractivity (Wildman–Crippen MR) is 67.2 cm³/mol. The van der Waals surface area contributed by atoms with Gasteiger partial charge in [-0.3, -0.25) is 0 Å². The van der Waals surface area contributed by atoms with Crippen molar-refractivity contribution in [1.82, 2.24) is 14.9 Å². The molecule has 0 radical (unpaired) electrons. The van der Waals surface area contributed by atoms with Gasteiger partial charge in [-0.1, -0.05) is 12.1 Å². The predicted octanol–water partition coefficient (Wildman–Crippen LogP) is 2.63. The van der Waals surface area contributed by atoms with E-state index < -0.39 is 6.36 Å². The Bertz CT molecular complexity index is 580. The van der Waals surface area contributed by atoms with E-state index in [0.29, 0.717) is 5.56 Å². The molecule has 0 saturated carbocycles. The maximum atomic E-state index is 12.2. The van der Waals surface area contributed by atoms with Crippen LogP contribution in [0.3, 0.4) is 0 Å². The van der Waals surface area contributed by atoms with Crippen LogP contribution in [-0.2, 0) is 7.05 Å². The maximum absolute atomic E-state index is 12.2. The van der Waals surface area contributed by atoms with E-state index in [2.05, 4.69) is 15.0 Å². The third-order valence-corrected chi connectivity index (χ3v) is 2.86. The Morgan fingerprint density at radius 2 is 2.10 bits per heavy atom. The van der Waals surface area contributed by atoms with Gasteiger partial charge in [0.25, 0.3) is 0 Å². The number of aryl methyl sites for hydroxylation is 1. The molecular weight excluding hydrogens is 271 g/mol. The lowest BCUT2D eigenvalue weighted by atomic mass is 10.0. The average Bonchev–Trinajstić information content (AvgIpc) is 2.75. The number of ether oxygens (including phenoxy) is 1. The lowest BCUT2D eigenvalue weighted by molar-refractivity contribution is -0.274. The zero-order valence-electron chi connectivity index (χ0n) is 11.0. The summed E-state index contributed by atoms with van der Waals surface area (Å²) >= 11 is 0. The minimum atomic E-state index is -4.69. The highest BCUT2D eigenvalue weighted by molar-refractivity contribution is 5.34. The largest absolute Gasteiger partial charge is 0.573 e. The van der Waals surface area contributed by atoms with Crippen molar-refractivity contribution in [3.05, 3.63) is 48.0 Å². The normalized spacial score (nSPS) is 13.2. The monoisotopic (exact) mass is 285 g/mol. The Morgan fingerprint density at radius 3 is 2.65 bits per heavy atom. The van der Waals surface area contributed by atoms with Gasteiger partial charge in [0, 0.05) is 7.05 Å². The summed E-state index contributed by atoms with van der Waals surface area (Å²) in [6.07, 6.45) is -1.39. The molecule has 1 aromatic carbocycles. The van der Waals surface area contributed by atoms with Gasteiger partial charge in [-0.25, -0.2) is 4.98 Å². The van der Waals surface area contributed by atoms with Crippen molar-refractivity contribution in [3.63, 3.8) is 0 Å². The van der Waals surface area contributed by atoms with Crippen molar-refractivity contribution >= 4 is 0 Å². The Kier molecular flexibility index (Phi) is 3.99. The van der Waals surface area contributed by atoms with Crippen molar-refractivity contribution in [3.8, 4) is 5.75 Å². The first kappa shape index (κ1) is 14.4. The van der Waals surface area contributed by atoms with Crippen molar-refractivity contribution in [1.29, 1.82) is 0 Å². The van der Waals surface area contributed by atoms with Crippen LogP contribution < -0.4 is 10.1 Å². The van der Waals surface area contributed by atoms with E-state index in [4.69, 9.17) is 0 Å². The van der Waals surface area contributed by atoms with Crippen LogP contribution in [0.4, 0.5) is 13.2 Å². The van der Waals surface area contributed by atoms with Gasteiger partial charge in [0.2, 0.25) is 0 Å². The van der Waals surface area contributed by atoms with E-state index in [1.165, 1.54) is 18.2 Å². The number of hydrogen-bond acceptors (Lipinski definition) is 3. The van der Waals surface area contributed by atoms with Gasteiger partial charge in [-0.05, 0) is 24.7 Å². The van der Waals surface area contributed by atoms with Crippen LogP contribution in [0, 0.1) is 0 Å². The molecule has 1 heterocycles. The summed E-state index contributed by atoms with van der Waals surface area (Å²) in [7, 11) is 3.55. The number of nitrogens with one attached hydrogen (secondary N) is 1. The van der Waals surface area contributed by atoms with E-state index in [1.807, 2.05) is 7.05 Å². The molecule has 7 heteroatoms.